The number of nitrogens with one attached hydrogen (secondary N) is 1. The van der Waals surface area contributed by atoms with Gasteiger partial charge in [-0.05, 0) is 54.7 Å². The van der Waals surface area contributed by atoms with Gasteiger partial charge in [-0.1, -0.05) is 17.3 Å². The molecule has 8 heteroatoms. The molecule has 5 rings (SSSR count). The van der Waals surface area contributed by atoms with E-state index in [2.05, 4.69) is 10.5 Å². The number of benzene rings is 2. The first kappa shape index (κ1) is 21.9. The number of aromatic hydroxyl groups is 1. The zero-order chi connectivity index (χ0) is 24.0. The van der Waals surface area contributed by atoms with Gasteiger partial charge < -0.3 is 29.2 Å². The number of anilines is 1. The van der Waals surface area contributed by atoms with Crippen LogP contribution in [0.5, 0.6) is 23.0 Å². The fourth-order valence-corrected chi connectivity index (χ4v) is 5.03. The molecule has 1 aliphatic heterocycles. The third-order valence-electron chi connectivity index (χ3n) is 6.67. The second-order valence-corrected chi connectivity index (χ2v) is 8.54. The summed E-state index contributed by atoms with van der Waals surface area (Å²) in [4.78, 5) is 13.6. The van der Waals surface area contributed by atoms with Crippen LogP contribution in [0.4, 0.5) is 5.88 Å². The zero-order valence-corrected chi connectivity index (χ0v) is 19.5. The van der Waals surface area contributed by atoms with Crippen LogP contribution in [0.15, 0.2) is 52.2 Å². The van der Waals surface area contributed by atoms with Crippen LogP contribution in [0.25, 0.3) is 0 Å². The van der Waals surface area contributed by atoms with Crippen LogP contribution in [-0.4, -0.2) is 37.4 Å². The van der Waals surface area contributed by atoms with E-state index < -0.39 is 5.92 Å². The van der Waals surface area contributed by atoms with Crippen LogP contribution in [-0.2, 0) is 4.79 Å². The molecule has 0 amide bonds. The SMILES string of the molecule is COc1ccc([C@H]2C3=C(C[C@@H](c4ccc(OC)c(OC)c4)CC3=O)Nc3onc(C)c32)cc1O. The summed E-state index contributed by atoms with van der Waals surface area (Å²) in [6.45, 7) is 1.85. The standard InChI is InChI=1S/C26H26N2O6/c1-13-23-24(15-6-7-20(31-2)18(29)10-15)25-17(27-26(23)34-28-13)9-16(11-19(25)30)14-5-8-21(32-3)22(12-14)33-4/h5-8,10,12,16,24,27,29H,9,11H2,1-4H3/t16-,24-/m1/s1. The van der Waals surface area contributed by atoms with Crippen LogP contribution in [0.1, 0.15) is 47.1 Å². The van der Waals surface area contributed by atoms with E-state index in [0.717, 1.165) is 22.4 Å². The van der Waals surface area contributed by atoms with Crippen LogP contribution in [0.2, 0.25) is 0 Å². The third-order valence-corrected chi connectivity index (χ3v) is 6.67. The van der Waals surface area contributed by atoms with Crippen LogP contribution in [0, 0.1) is 6.92 Å². The molecular formula is C26H26N2O6. The number of ketones is 1. The lowest BCUT2D eigenvalue weighted by molar-refractivity contribution is -0.116. The lowest BCUT2D eigenvalue weighted by Crippen LogP contribution is -2.29. The minimum Gasteiger partial charge on any atom is -0.504 e. The number of nitrogens with zero attached hydrogens (tertiary/aromatic N) is 1. The Morgan fingerprint density at radius 2 is 1.68 bits per heavy atom. The lowest BCUT2D eigenvalue weighted by atomic mass is 9.72. The molecule has 2 N–H and O–H groups in total. The van der Waals surface area contributed by atoms with E-state index in [-0.39, 0.29) is 17.5 Å². The molecule has 3 aromatic rings. The third kappa shape index (κ3) is 3.46. The Labute approximate surface area is 197 Å². The fraction of sp³-hybridized carbons (Fsp3) is 0.308. The molecule has 2 aromatic carbocycles. The molecule has 1 aliphatic carbocycles. The summed E-state index contributed by atoms with van der Waals surface area (Å²) >= 11 is 0. The number of Topliss-reactive ketones (excluding diaryl/α,β-unsaturated/α-hetero) is 1. The minimum absolute atomic E-state index is 0.0165. The topological polar surface area (TPSA) is 103 Å². The summed E-state index contributed by atoms with van der Waals surface area (Å²) in [5, 5.41) is 17.9. The van der Waals surface area contributed by atoms with Gasteiger partial charge >= 0.3 is 0 Å². The summed E-state index contributed by atoms with van der Waals surface area (Å²) < 4.78 is 21.6. The Morgan fingerprint density at radius 3 is 2.38 bits per heavy atom. The molecule has 0 spiro atoms. The van der Waals surface area contributed by atoms with E-state index in [1.54, 1.807) is 26.4 Å². The van der Waals surface area contributed by atoms with Crippen molar-refractivity contribution < 1.29 is 28.6 Å². The van der Waals surface area contributed by atoms with Gasteiger partial charge in [-0.15, -0.1) is 0 Å². The van der Waals surface area contributed by atoms with Crippen molar-refractivity contribution in [3.8, 4) is 23.0 Å². The fourth-order valence-electron chi connectivity index (χ4n) is 5.03. The second-order valence-electron chi connectivity index (χ2n) is 8.54. The highest BCUT2D eigenvalue weighted by Gasteiger charge is 2.41. The Hall–Kier alpha value is -3.94. The molecule has 34 heavy (non-hydrogen) atoms. The molecule has 0 saturated carbocycles. The highest BCUT2D eigenvalue weighted by molar-refractivity contribution is 6.01. The smallest absolute Gasteiger partial charge is 0.233 e. The molecule has 0 saturated heterocycles. The molecule has 2 heterocycles. The van der Waals surface area contributed by atoms with E-state index >= 15 is 0 Å². The van der Waals surface area contributed by atoms with Crippen molar-refractivity contribution in [3.05, 3.63) is 70.1 Å². The number of rotatable bonds is 5. The van der Waals surface area contributed by atoms with Gasteiger partial charge in [0.05, 0.1) is 32.6 Å². The minimum atomic E-state index is -0.395. The number of methoxy groups -OCH3 is 3. The number of ether oxygens (including phenoxy) is 3. The number of carbonyl (C=O) groups excluding carboxylic acids is 1. The number of aromatic nitrogens is 1. The van der Waals surface area contributed by atoms with Gasteiger partial charge in [0, 0.05) is 23.6 Å². The predicted molar refractivity (Wildman–Crippen MR) is 125 cm³/mol. The molecule has 8 nitrogen and oxygen atoms in total. The van der Waals surface area contributed by atoms with E-state index in [4.69, 9.17) is 18.7 Å². The van der Waals surface area contributed by atoms with Crippen molar-refractivity contribution in [2.45, 2.75) is 31.6 Å². The molecule has 0 bridgehead atoms. The number of phenolic OH excluding ortho intramolecular Hbond substituents is 1. The molecule has 2 aliphatic rings. The van der Waals surface area contributed by atoms with Gasteiger partial charge in [-0.3, -0.25) is 4.79 Å². The lowest BCUT2D eigenvalue weighted by Gasteiger charge is -2.34. The predicted octanol–water partition coefficient (Wildman–Crippen LogP) is 4.67. The highest BCUT2D eigenvalue weighted by Crippen LogP contribution is 2.50. The number of phenols is 1. The summed E-state index contributed by atoms with van der Waals surface area (Å²) in [6, 6.07) is 11.0. The van der Waals surface area contributed by atoms with Crippen LogP contribution in [0.3, 0.4) is 0 Å². The van der Waals surface area contributed by atoms with Crippen molar-refractivity contribution in [2.24, 2.45) is 0 Å². The molecular weight excluding hydrogens is 436 g/mol. The number of hydrogen-bond acceptors (Lipinski definition) is 8. The van der Waals surface area contributed by atoms with Gasteiger partial charge in [-0.2, -0.15) is 0 Å². The summed E-state index contributed by atoms with van der Waals surface area (Å²) in [6.07, 6.45) is 0.975. The average Bonchev–Trinajstić information content (AvgIpc) is 3.22. The Morgan fingerprint density at radius 1 is 0.971 bits per heavy atom. The number of hydrogen-bond donors (Lipinski definition) is 2. The van der Waals surface area contributed by atoms with Gasteiger partial charge in [-0.25, -0.2) is 0 Å². The average molecular weight is 463 g/mol. The molecule has 0 unspecified atom stereocenters. The van der Waals surface area contributed by atoms with Crippen molar-refractivity contribution in [1.29, 1.82) is 0 Å². The van der Waals surface area contributed by atoms with Gasteiger partial charge in [0.1, 0.15) is 0 Å². The quantitative estimate of drug-likeness (QED) is 0.564. The van der Waals surface area contributed by atoms with Crippen molar-refractivity contribution in [1.82, 2.24) is 5.16 Å². The molecule has 176 valence electrons. The van der Waals surface area contributed by atoms with Gasteiger partial charge in [0.2, 0.25) is 5.88 Å². The van der Waals surface area contributed by atoms with E-state index in [1.807, 2.05) is 31.2 Å². The van der Waals surface area contributed by atoms with E-state index in [1.165, 1.54) is 7.11 Å². The Bertz CT molecular complexity index is 1310. The second kappa shape index (κ2) is 8.44. The first-order chi connectivity index (χ1) is 16.4. The Balaban J connectivity index is 1.58. The number of aryl methyl sites for hydroxylation is 1. The van der Waals surface area contributed by atoms with Gasteiger partial charge in [0.15, 0.2) is 28.8 Å². The summed E-state index contributed by atoms with van der Waals surface area (Å²) in [5.41, 5.74) is 4.76. The van der Waals surface area contributed by atoms with E-state index in [0.29, 0.717) is 47.2 Å². The molecule has 1 aromatic heterocycles. The first-order valence-electron chi connectivity index (χ1n) is 11.0. The van der Waals surface area contributed by atoms with Gasteiger partial charge in [0.25, 0.3) is 0 Å². The zero-order valence-electron chi connectivity index (χ0n) is 19.5. The van der Waals surface area contributed by atoms with Crippen molar-refractivity contribution in [3.63, 3.8) is 0 Å². The molecule has 2 atom stereocenters. The molecule has 0 fully saturated rings. The Kier molecular flexibility index (Phi) is 5.43. The number of fused-ring (bicyclic) bond motifs is 1. The van der Waals surface area contributed by atoms with Crippen molar-refractivity contribution >= 4 is 11.7 Å². The van der Waals surface area contributed by atoms with Crippen LogP contribution < -0.4 is 19.5 Å². The monoisotopic (exact) mass is 462 g/mol. The maximum atomic E-state index is 13.6. The van der Waals surface area contributed by atoms with Crippen LogP contribution >= 0.6 is 0 Å². The summed E-state index contributed by atoms with van der Waals surface area (Å²) in [7, 11) is 4.69. The first-order valence-corrected chi connectivity index (χ1v) is 11.0. The molecule has 0 radical (unpaired) electrons. The normalized spacial score (nSPS) is 19.2. The summed E-state index contributed by atoms with van der Waals surface area (Å²) in [5.74, 6) is 1.80. The largest absolute Gasteiger partial charge is 0.504 e. The van der Waals surface area contributed by atoms with E-state index in [9.17, 15) is 9.90 Å². The highest BCUT2D eigenvalue weighted by atomic mass is 16.5. The maximum Gasteiger partial charge on any atom is 0.233 e. The number of carbonyl (C=O) groups is 1. The van der Waals surface area contributed by atoms with Crippen molar-refractivity contribution in [2.75, 3.05) is 26.6 Å². The maximum absolute atomic E-state index is 13.6. The number of allylic oxidation sites excluding steroid dienone is 2.